The Morgan fingerprint density at radius 2 is 1.72 bits per heavy atom. The second-order valence-electron chi connectivity index (χ2n) is 7.40. The first-order valence-electron chi connectivity index (χ1n) is 7.96. The van der Waals surface area contributed by atoms with E-state index in [1.165, 1.54) is 57.9 Å². The van der Waals surface area contributed by atoms with Gasteiger partial charge in [-0.2, -0.15) is 0 Å². The average molecular weight is 252 g/mol. The van der Waals surface area contributed by atoms with Gasteiger partial charge in [-0.1, -0.05) is 39.5 Å². The Kier molecular flexibility index (Phi) is 4.71. The van der Waals surface area contributed by atoms with Crippen molar-refractivity contribution in [1.82, 2.24) is 4.90 Å². The fourth-order valence-corrected chi connectivity index (χ4v) is 4.05. The summed E-state index contributed by atoms with van der Waals surface area (Å²) in [7, 11) is 2.32. The smallest absolute Gasteiger partial charge is 0.0131 e. The van der Waals surface area contributed by atoms with Crippen LogP contribution >= 0.6 is 0 Å². The Balaban J connectivity index is 1.87. The van der Waals surface area contributed by atoms with Crippen LogP contribution in [0.15, 0.2) is 0 Å². The fraction of sp³-hybridized carbons (Fsp3) is 1.00. The Hall–Kier alpha value is -0.0800. The van der Waals surface area contributed by atoms with Crippen molar-refractivity contribution in [3.05, 3.63) is 0 Å². The molecular formula is C16H32N2. The lowest BCUT2D eigenvalue weighted by Crippen LogP contribution is -2.51. The number of hydrogen-bond donors (Lipinski definition) is 1. The van der Waals surface area contributed by atoms with Crippen LogP contribution in [0.4, 0.5) is 0 Å². The zero-order valence-electron chi connectivity index (χ0n) is 12.6. The summed E-state index contributed by atoms with van der Waals surface area (Å²) in [6.07, 6.45) is 11.1. The number of rotatable bonds is 3. The highest BCUT2D eigenvalue weighted by atomic mass is 15.1. The minimum Gasteiger partial charge on any atom is -0.327 e. The van der Waals surface area contributed by atoms with Gasteiger partial charge in [-0.25, -0.2) is 0 Å². The lowest BCUT2D eigenvalue weighted by molar-refractivity contribution is 0.0871. The minimum absolute atomic E-state index is 0.344. The first-order chi connectivity index (χ1) is 8.50. The third-order valence-electron chi connectivity index (χ3n) is 5.53. The molecule has 2 aliphatic carbocycles. The summed E-state index contributed by atoms with van der Waals surface area (Å²) in [6, 6.07) is 1.22. The Labute approximate surface area is 113 Å². The molecule has 0 aromatic heterocycles. The lowest BCUT2D eigenvalue weighted by atomic mass is 9.68. The molecule has 0 aromatic rings. The van der Waals surface area contributed by atoms with E-state index in [9.17, 15) is 0 Å². The summed E-state index contributed by atoms with van der Waals surface area (Å²) in [6.45, 7) is 5.92. The molecule has 2 aliphatic rings. The fourth-order valence-electron chi connectivity index (χ4n) is 4.05. The molecule has 0 bridgehead atoms. The Morgan fingerprint density at radius 3 is 2.39 bits per heavy atom. The van der Waals surface area contributed by atoms with Crippen molar-refractivity contribution in [2.75, 3.05) is 13.6 Å². The largest absolute Gasteiger partial charge is 0.327 e. The summed E-state index contributed by atoms with van der Waals surface area (Å²) in [5.41, 5.74) is 6.85. The molecule has 0 heterocycles. The predicted octanol–water partition coefficient (Wildman–Crippen LogP) is 3.40. The second kappa shape index (κ2) is 5.92. The first kappa shape index (κ1) is 14.3. The highest BCUT2D eigenvalue weighted by Gasteiger charge is 2.37. The summed E-state index contributed by atoms with van der Waals surface area (Å²) in [4.78, 5) is 2.62. The molecule has 2 saturated carbocycles. The molecule has 2 atom stereocenters. The van der Waals surface area contributed by atoms with Crippen molar-refractivity contribution in [1.29, 1.82) is 0 Å². The SMILES string of the molecule is CN(CC1CCCC(C)(C)C1N)C1CCCCC1. The topological polar surface area (TPSA) is 29.3 Å². The minimum atomic E-state index is 0.344. The van der Waals surface area contributed by atoms with E-state index < -0.39 is 0 Å². The maximum absolute atomic E-state index is 6.51. The van der Waals surface area contributed by atoms with Gasteiger partial charge in [0, 0.05) is 18.6 Å². The molecule has 0 radical (unpaired) electrons. The van der Waals surface area contributed by atoms with Crippen molar-refractivity contribution in [2.45, 2.75) is 77.3 Å². The summed E-state index contributed by atoms with van der Waals surface area (Å²) < 4.78 is 0. The quantitative estimate of drug-likeness (QED) is 0.834. The second-order valence-corrected chi connectivity index (χ2v) is 7.40. The molecule has 0 spiro atoms. The van der Waals surface area contributed by atoms with Crippen LogP contribution in [-0.2, 0) is 0 Å². The van der Waals surface area contributed by atoms with Gasteiger partial charge in [0.15, 0.2) is 0 Å². The summed E-state index contributed by atoms with van der Waals surface area (Å²) in [5, 5.41) is 0. The van der Waals surface area contributed by atoms with E-state index in [-0.39, 0.29) is 0 Å². The molecule has 0 saturated heterocycles. The van der Waals surface area contributed by atoms with Crippen LogP contribution in [0.25, 0.3) is 0 Å². The van der Waals surface area contributed by atoms with E-state index in [2.05, 4.69) is 25.8 Å². The number of hydrogen-bond acceptors (Lipinski definition) is 2. The van der Waals surface area contributed by atoms with Crippen LogP contribution in [0, 0.1) is 11.3 Å². The van der Waals surface area contributed by atoms with Crippen molar-refractivity contribution < 1.29 is 0 Å². The highest BCUT2D eigenvalue weighted by molar-refractivity contribution is 4.92. The number of nitrogens with two attached hydrogens (primary N) is 1. The molecule has 2 rings (SSSR count). The molecule has 0 amide bonds. The van der Waals surface area contributed by atoms with E-state index in [1.54, 1.807) is 0 Å². The zero-order valence-corrected chi connectivity index (χ0v) is 12.6. The van der Waals surface area contributed by atoms with Crippen LogP contribution in [0.2, 0.25) is 0 Å². The lowest BCUT2D eigenvalue weighted by Gasteiger charge is -2.44. The van der Waals surface area contributed by atoms with E-state index in [0.29, 0.717) is 17.4 Å². The third kappa shape index (κ3) is 3.27. The molecule has 2 unspecified atom stereocenters. The van der Waals surface area contributed by atoms with Crippen molar-refractivity contribution in [3.63, 3.8) is 0 Å². The zero-order chi connectivity index (χ0) is 13.2. The van der Waals surface area contributed by atoms with Gasteiger partial charge in [-0.05, 0) is 44.1 Å². The maximum Gasteiger partial charge on any atom is 0.0131 e. The standard InChI is InChI=1S/C16H32N2/c1-16(2)11-7-8-13(15(16)17)12-18(3)14-9-5-4-6-10-14/h13-15H,4-12,17H2,1-3H3. The third-order valence-corrected chi connectivity index (χ3v) is 5.53. The van der Waals surface area contributed by atoms with Gasteiger partial charge < -0.3 is 10.6 Å². The van der Waals surface area contributed by atoms with Gasteiger partial charge in [-0.15, -0.1) is 0 Å². The monoisotopic (exact) mass is 252 g/mol. The maximum atomic E-state index is 6.51. The molecule has 2 heteroatoms. The van der Waals surface area contributed by atoms with E-state index >= 15 is 0 Å². The van der Waals surface area contributed by atoms with Gasteiger partial charge in [-0.3, -0.25) is 0 Å². The normalized spacial score (nSPS) is 33.8. The van der Waals surface area contributed by atoms with Crippen LogP contribution in [0.1, 0.15) is 65.2 Å². The van der Waals surface area contributed by atoms with Crippen molar-refractivity contribution in [3.8, 4) is 0 Å². The first-order valence-corrected chi connectivity index (χ1v) is 7.96. The Morgan fingerprint density at radius 1 is 1.06 bits per heavy atom. The van der Waals surface area contributed by atoms with Gasteiger partial charge in [0.1, 0.15) is 0 Å². The summed E-state index contributed by atoms with van der Waals surface area (Å²) in [5.74, 6) is 0.709. The van der Waals surface area contributed by atoms with Crippen LogP contribution < -0.4 is 5.73 Å². The summed E-state index contributed by atoms with van der Waals surface area (Å²) >= 11 is 0. The molecule has 0 aromatic carbocycles. The van der Waals surface area contributed by atoms with Crippen LogP contribution in [0.3, 0.4) is 0 Å². The average Bonchev–Trinajstić information content (AvgIpc) is 2.36. The van der Waals surface area contributed by atoms with Gasteiger partial charge in [0.2, 0.25) is 0 Å². The Bertz CT molecular complexity index is 256. The molecule has 106 valence electrons. The number of nitrogens with zero attached hydrogens (tertiary/aromatic N) is 1. The van der Waals surface area contributed by atoms with E-state index in [0.717, 1.165) is 6.04 Å². The highest BCUT2D eigenvalue weighted by Crippen LogP contribution is 2.38. The predicted molar refractivity (Wildman–Crippen MR) is 78.6 cm³/mol. The molecular weight excluding hydrogens is 220 g/mol. The molecule has 0 aliphatic heterocycles. The molecule has 2 N–H and O–H groups in total. The van der Waals surface area contributed by atoms with Gasteiger partial charge in [0.05, 0.1) is 0 Å². The van der Waals surface area contributed by atoms with E-state index in [1.807, 2.05) is 0 Å². The van der Waals surface area contributed by atoms with Crippen molar-refractivity contribution in [2.24, 2.45) is 17.1 Å². The van der Waals surface area contributed by atoms with Crippen LogP contribution in [-0.4, -0.2) is 30.6 Å². The molecule has 2 fully saturated rings. The van der Waals surface area contributed by atoms with Crippen LogP contribution in [0.5, 0.6) is 0 Å². The van der Waals surface area contributed by atoms with Gasteiger partial charge in [0.25, 0.3) is 0 Å². The van der Waals surface area contributed by atoms with Crippen molar-refractivity contribution >= 4 is 0 Å². The molecule has 2 nitrogen and oxygen atoms in total. The molecule has 18 heavy (non-hydrogen) atoms. The van der Waals surface area contributed by atoms with Gasteiger partial charge >= 0.3 is 0 Å². The van der Waals surface area contributed by atoms with E-state index in [4.69, 9.17) is 5.73 Å².